The highest BCUT2D eigenvalue weighted by atomic mass is 31.2. The van der Waals surface area contributed by atoms with E-state index in [2.05, 4.69) is 148 Å². The van der Waals surface area contributed by atoms with Gasteiger partial charge in [0.1, 0.15) is 19.8 Å². The average Bonchev–Trinajstić information content (AvgIpc) is 1.56. The van der Waals surface area contributed by atoms with Crippen molar-refractivity contribution in [2.75, 3.05) is 47.5 Å². The summed E-state index contributed by atoms with van der Waals surface area (Å²) in [7, 11) is 1.48. The predicted molar refractivity (Wildman–Crippen MR) is 408 cm³/mol. The van der Waals surface area contributed by atoms with E-state index in [0.29, 0.717) is 17.4 Å². The molecule has 2 unspecified atom stereocenters. The van der Waals surface area contributed by atoms with Crippen molar-refractivity contribution in [3.05, 3.63) is 134 Å². The molecule has 0 amide bonds. The monoisotopic (exact) mass is 1330 g/mol. The van der Waals surface area contributed by atoms with E-state index in [0.717, 1.165) is 103 Å². The Bertz CT molecular complexity index is 2050. The van der Waals surface area contributed by atoms with E-state index < -0.39 is 26.5 Å². The number of hydrogen-bond acceptors (Lipinski definition) is 7. The van der Waals surface area contributed by atoms with Gasteiger partial charge in [-0.05, 0) is 109 Å². The van der Waals surface area contributed by atoms with Crippen LogP contribution < -0.4 is 0 Å². The number of likely N-dealkylation sites (N-methyl/N-ethyl adjacent to an activating group) is 1. The molecule has 0 bridgehead atoms. The molecule has 0 aliphatic rings. The Kier molecular flexibility index (Phi) is 70.4. The van der Waals surface area contributed by atoms with Crippen molar-refractivity contribution in [1.29, 1.82) is 0 Å². The number of quaternary nitrogens is 1. The molecule has 0 aromatic carbocycles. The highest BCUT2D eigenvalue weighted by molar-refractivity contribution is 7.47. The molecule has 1 N–H and O–H groups in total. The lowest BCUT2D eigenvalue weighted by molar-refractivity contribution is -0.870. The van der Waals surface area contributed by atoms with Gasteiger partial charge in [0.2, 0.25) is 0 Å². The molecule has 2 atom stereocenters. The fourth-order valence-electron chi connectivity index (χ4n) is 10.8. The number of carbonyl (C=O) groups is 2. The van der Waals surface area contributed by atoms with E-state index in [1.807, 2.05) is 21.1 Å². The van der Waals surface area contributed by atoms with E-state index in [1.54, 1.807) is 0 Å². The maximum absolute atomic E-state index is 12.9. The van der Waals surface area contributed by atoms with Crippen LogP contribution in [-0.4, -0.2) is 74.9 Å². The van der Waals surface area contributed by atoms with Crippen LogP contribution in [0, 0.1) is 0 Å². The summed E-state index contributed by atoms with van der Waals surface area (Å²) in [6, 6.07) is 0. The average molecular weight is 1330 g/mol. The van der Waals surface area contributed by atoms with Crippen LogP contribution in [0.4, 0.5) is 0 Å². The van der Waals surface area contributed by atoms with Gasteiger partial charge in [-0.25, -0.2) is 4.57 Å². The number of phosphoric ester groups is 1. The van der Waals surface area contributed by atoms with Crippen LogP contribution in [0.25, 0.3) is 0 Å². The fourth-order valence-corrected chi connectivity index (χ4v) is 11.6. The van der Waals surface area contributed by atoms with Crippen molar-refractivity contribution in [3.63, 3.8) is 0 Å². The Balaban J connectivity index is 3.98. The third-order valence-corrected chi connectivity index (χ3v) is 17.7. The van der Waals surface area contributed by atoms with E-state index in [9.17, 15) is 19.0 Å². The highest BCUT2D eigenvalue weighted by Gasteiger charge is 2.27. The minimum atomic E-state index is -4.40. The number of esters is 2. The summed E-state index contributed by atoms with van der Waals surface area (Å²) in [5, 5.41) is 0. The first-order chi connectivity index (χ1) is 46.0. The highest BCUT2D eigenvalue weighted by Crippen LogP contribution is 2.43. The molecule has 0 heterocycles. The molecule has 9 nitrogen and oxygen atoms in total. The van der Waals surface area contributed by atoms with E-state index in [4.69, 9.17) is 18.5 Å². The summed E-state index contributed by atoms with van der Waals surface area (Å²) in [4.78, 5) is 36.0. The number of phosphoric acid groups is 1. The summed E-state index contributed by atoms with van der Waals surface area (Å²) >= 11 is 0. The first-order valence-corrected chi connectivity index (χ1v) is 40.4. The van der Waals surface area contributed by atoms with Crippen molar-refractivity contribution in [3.8, 4) is 0 Å². The van der Waals surface area contributed by atoms with Crippen molar-refractivity contribution in [2.45, 2.75) is 341 Å². The van der Waals surface area contributed by atoms with Gasteiger partial charge in [0.05, 0.1) is 27.7 Å². The van der Waals surface area contributed by atoms with Gasteiger partial charge in [0, 0.05) is 12.8 Å². The summed E-state index contributed by atoms with van der Waals surface area (Å²) in [5.41, 5.74) is 0. The summed E-state index contributed by atoms with van der Waals surface area (Å²) in [5.74, 6) is -0.787. The quantitative estimate of drug-likeness (QED) is 0.0211. The molecule has 0 aliphatic carbocycles. The van der Waals surface area contributed by atoms with Crippen molar-refractivity contribution in [2.24, 2.45) is 0 Å². The van der Waals surface area contributed by atoms with E-state index in [1.165, 1.54) is 199 Å². The molecule has 0 fully saturated rings. The summed E-state index contributed by atoms with van der Waals surface area (Å²) in [6.45, 7) is 4.24. The molecule has 0 aromatic heterocycles. The molecule has 0 aliphatic heterocycles. The van der Waals surface area contributed by atoms with Gasteiger partial charge < -0.3 is 18.9 Å². The SMILES string of the molecule is CC/C=C\C/C=C\C/C=C\C/C=C\C/C=C\C/C=C\CCCCCCCCCCCCCCCCCCCCC(=O)OC(COC(=O)CCCCCCCCCCCCCCCCCCC/C=C\C/C=C\C/C=C\C/C=C\C/C=C\CC)COP(=O)(O)OCC[N+](C)(C)C. The van der Waals surface area contributed by atoms with Crippen LogP contribution in [0.15, 0.2) is 134 Å². The van der Waals surface area contributed by atoms with Crippen LogP contribution in [-0.2, 0) is 32.7 Å². The first kappa shape index (κ1) is 90.2. The number of ether oxygens (including phenoxy) is 2. The number of nitrogens with zero attached hydrogens (tertiary/aromatic N) is 1. The van der Waals surface area contributed by atoms with Crippen LogP contribution in [0.2, 0.25) is 0 Å². The Morgan fingerprint density at radius 3 is 0.851 bits per heavy atom. The summed E-state index contributed by atoms with van der Waals surface area (Å²) < 4.78 is 34.8. The van der Waals surface area contributed by atoms with Gasteiger partial charge in [-0.3, -0.25) is 18.6 Å². The van der Waals surface area contributed by atoms with Crippen molar-refractivity contribution < 1.29 is 42.1 Å². The summed E-state index contributed by atoms with van der Waals surface area (Å²) in [6.07, 6.45) is 107. The second-order valence-corrected chi connectivity index (χ2v) is 28.4. The Morgan fingerprint density at radius 2 is 0.574 bits per heavy atom. The number of rotatable bonds is 71. The molecule has 540 valence electrons. The van der Waals surface area contributed by atoms with Crippen LogP contribution in [0.1, 0.15) is 335 Å². The lowest BCUT2D eigenvalue weighted by Crippen LogP contribution is -2.37. The normalized spacial score (nSPS) is 13.8. The molecule has 94 heavy (non-hydrogen) atoms. The predicted octanol–water partition coefficient (Wildman–Crippen LogP) is 25.9. The molecule has 0 aromatic rings. The Morgan fingerprint density at radius 1 is 0.330 bits per heavy atom. The maximum atomic E-state index is 12.9. The molecular weight excluding hydrogens is 1180 g/mol. The minimum Gasteiger partial charge on any atom is -0.462 e. The second-order valence-electron chi connectivity index (χ2n) is 27.0. The number of unbranched alkanes of at least 4 members (excludes halogenated alkanes) is 35. The first-order valence-electron chi connectivity index (χ1n) is 38.9. The van der Waals surface area contributed by atoms with Gasteiger partial charge in [0.15, 0.2) is 6.10 Å². The van der Waals surface area contributed by atoms with Crippen molar-refractivity contribution >= 4 is 19.8 Å². The third kappa shape index (κ3) is 77.2. The number of allylic oxidation sites excluding steroid dienone is 22. The lowest BCUT2D eigenvalue weighted by atomic mass is 10.0. The van der Waals surface area contributed by atoms with E-state index in [-0.39, 0.29) is 32.0 Å². The Labute approximate surface area is 581 Å². The van der Waals surface area contributed by atoms with Crippen molar-refractivity contribution in [1.82, 2.24) is 0 Å². The minimum absolute atomic E-state index is 0.0291. The van der Waals surface area contributed by atoms with Gasteiger partial charge >= 0.3 is 19.8 Å². The topological polar surface area (TPSA) is 108 Å². The standard InChI is InChI=1S/C84H146NO8P/c1-6-8-10-12-14-16-18-20-22-24-26-28-30-32-34-36-38-40-41-42-43-45-47-49-51-53-55-57-59-61-63-65-67-69-71-73-75-77-84(87)93-82(81-92-94(88,89)91-79-78-85(3,4)5)80-90-83(86)76-74-72-70-68-66-64-62-60-58-56-54-52-50-48-46-44-39-37-35-33-31-29-27-25-23-21-19-17-15-13-11-9-7-2/h8-11,14-17,20-23,26-29,32-35,38,40,82H,6-7,12-13,18-19,24-25,30-31,36-37,39,41-81H2,1-5H3/p+1/b10-8-,11-9-,16-14-,17-15-,22-20-,23-21-,28-26-,29-27-,34-32-,35-33-,40-38-. The zero-order valence-electron chi connectivity index (χ0n) is 61.7. The van der Waals surface area contributed by atoms with Gasteiger partial charge in [-0.2, -0.15) is 0 Å². The molecule has 10 heteroatoms. The van der Waals surface area contributed by atoms with E-state index >= 15 is 0 Å². The third-order valence-electron chi connectivity index (χ3n) is 16.7. The van der Waals surface area contributed by atoms with Gasteiger partial charge in [-0.15, -0.1) is 0 Å². The molecule has 0 saturated carbocycles. The Hall–Kier alpha value is -3.85. The molecule has 0 radical (unpaired) electrons. The molecular formula is C84H147NO8P+. The zero-order valence-corrected chi connectivity index (χ0v) is 62.6. The maximum Gasteiger partial charge on any atom is 0.472 e. The lowest BCUT2D eigenvalue weighted by Gasteiger charge is -2.24. The largest absolute Gasteiger partial charge is 0.472 e. The van der Waals surface area contributed by atoms with Crippen LogP contribution >= 0.6 is 7.82 Å². The molecule has 0 rings (SSSR count). The molecule has 0 spiro atoms. The molecule has 0 saturated heterocycles. The zero-order chi connectivity index (χ0) is 68.3. The fraction of sp³-hybridized carbons (Fsp3) is 0.714. The smallest absolute Gasteiger partial charge is 0.462 e. The second kappa shape index (κ2) is 73.4. The van der Waals surface area contributed by atoms with Crippen LogP contribution in [0.5, 0.6) is 0 Å². The van der Waals surface area contributed by atoms with Gasteiger partial charge in [0.25, 0.3) is 0 Å². The number of carbonyl (C=O) groups excluding carboxylic acids is 2. The van der Waals surface area contributed by atoms with Crippen LogP contribution in [0.3, 0.4) is 0 Å². The van der Waals surface area contributed by atoms with Gasteiger partial charge in [-0.1, -0.05) is 347 Å². The number of hydrogen-bond donors (Lipinski definition) is 1.